The summed E-state index contributed by atoms with van der Waals surface area (Å²) in [5, 5.41) is 4.95. The van der Waals surface area contributed by atoms with Crippen LogP contribution in [-0.2, 0) is 19.4 Å². The summed E-state index contributed by atoms with van der Waals surface area (Å²) in [7, 11) is -3.34. The summed E-state index contributed by atoms with van der Waals surface area (Å²) in [6.07, 6.45) is 1.09. The van der Waals surface area contributed by atoms with Crippen LogP contribution in [0.5, 0.6) is 0 Å². The molecule has 0 aliphatic carbocycles. The van der Waals surface area contributed by atoms with Gasteiger partial charge in [-0.15, -0.1) is 0 Å². The molecule has 3 rings (SSSR count). The first-order valence-corrected chi connectivity index (χ1v) is 10.9. The molecule has 0 radical (unpaired) electrons. The number of nitrogens with one attached hydrogen (secondary N) is 1. The highest BCUT2D eigenvalue weighted by Crippen LogP contribution is 2.24. The van der Waals surface area contributed by atoms with Crippen LogP contribution >= 0.6 is 0 Å². The van der Waals surface area contributed by atoms with E-state index < -0.39 is 28.3 Å². The summed E-state index contributed by atoms with van der Waals surface area (Å²) in [5.41, 5.74) is 1.14. The molecule has 0 aliphatic heterocycles. The lowest BCUT2D eigenvalue weighted by Crippen LogP contribution is -2.31. The minimum Gasteiger partial charge on any atom is -0.452 e. The van der Waals surface area contributed by atoms with E-state index in [1.165, 1.54) is 24.3 Å². The monoisotopic (exact) mass is 411 g/mol. The van der Waals surface area contributed by atoms with E-state index in [0.29, 0.717) is 0 Å². The molecule has 0 spiro atoms. The van der Waals surface area contributed by atoms with Crippen LogP contribution in [0.25, 0.3) is 10.8 Å². The van der Waals surface area contributed by atoms with Gasteiger partial charge in [-0.05, 0) is 47.5 Å². The van der Waals surface area contributed by atoms with E-state index in [2.05, 4.69) is 5.32 Å². The minimum atomic E-state index is -3.34. The van der Waals surface area contributed by atoms with Crippen molar-refractivity contribution in [3.8, 4) is 0 Å². The minimum absolute atomic E-state index is 0.107. The molecule has 0 aromatic heterocycles. The van der Waals surface area contributed by atoms with Crippen LogP contribution in [-0.4, -0.2) is 33.2 Å². The van der Waals surface area contributed by atoms with Crippen LogP contribution < -0.4 is 5.32 Å². The van der Waals surface area contributed by atoms with Crippen LogP contribution in [0.4, 0.5) is 0 Å². The second-order valence-electron chi connectivity index (χ2n) is 6.73. The van der Waals surface area contributed by atoms with Gasteiger partial charge < -0.3 is 10.1 Å². The van der Waals surface area contributed by atoms with Crippen LogP contribution in [0.3, 0.4) is 0 Å². The van der Waals surface area contributed by atoms with Crippen molar-refractivity contribution in [3.63, 3.8) is 0 Å². The van der Waals surface area contributed by atoms with Crippen LogP contribution in [0.2, 0.25) is 0 Å². The Balaban J connectivity index is 1.60. The van der Waals surface area contributed by atoms with Crippen molar-refractivity contribution in [3.05, 3.63) is 77.9 Å². The summed E-state index contributed by atoms with van der Waals surface area (Å²) in [6.45, 7) is 1.44. The molecule has 3 aromatic carbocycles. The first-order valence-electron chi connectivity index (χ1n) is 9.00. The smallest absolute Gasteiger partial charge is 0.338 e. The summed E-state index contributed by atoms with van der Waals surface area (Å²) in [5.74, 6) is -1.12. The molecule has 150 valence electrons. The fraction of sp³-hybridized carbons (Fsp3) is 0.182. The SMILES string of the molecule is C[C@@H](NC(=O)COC(=O)c1ccc(S(C)(=O)=O)cc1)c1cccc2ccccc12. The van der Waals surface area contributed by atoms with Crippen molar-refractivity contribution in [1.29, 1.82) is 0 Å². The second kappa shape index (κ2) is 8.45. The van der Waals surface area contributed by atoms with Crippen molar-refractivity contribution >= 4 is 32.5 Å². The average molecular weight is 411 g/mol. The van der Waals surface area contributed by atoms with Gasteiger partial charge in [0.1, 0.15) is 0 Å². The van der Waals surface area contributed by atoms with Gasteiger partial charge in [-0.25, -0.2) is 13.2 Å². The molecule has 7 heteroatoms. The van der Waals surface area contributed by atoms with E-state index >= 15 is 0 Å². The molecule has 1 N–H and O–H groups in total. The molecule has 0 fully saturated rings. The average Bonchev–Trinajstić information content (AvgIpc) is 2.71. The van der Waals surface area contributed by atoms with E-state index in [1.807, 2.05) is 49.4 Å². The Morgan fingerprint density at radius 1 is 0.966 bits per heavy atom. The molecule has 3 aromatic rings. The number of amides is 1. The quantitative estimate of drug-likeness (QED) is 0.629. The Bertz CT molecular complexity index is 1150. The lowest BCUT2D eigenvalue weighted by Gasteiger charge is -2.16. The lowest BCUT2D eigenvalue weighted by molar-refractivity contribution is -0.124. The van der Waals surface area contributed by atoms with Gasteiger partial charge in [0.15, 0.2) is 16.4 Å². The first kappa shape index (κ1) is 20.5. The van der Waals surface area contributed by atoms with Crippen molar-refractivity contribution < 1.29 is 22.7 Å². The third-order valence-corrected chi connectivity index (χ3v) is 5.65. The number of hydrogen-bond donors (Lipinski definition) is 1. The van der Waals surface area contributed by atoms with Gasteiger partial charge in [-0.2, -0.15) is 0 Å². The fourth-order valence-electron chi connectivity index (χ4n) is 3.04. The van der Waals surface area contributed by atoms with Gasteiger partial charge in [-0.1, -0.05) is 42.5 Å². The summed E-state index contributed by atoms with van der Waals surface area (Å²) in [6, 6.07) is 18.9. The maximum atomic E-state index is 12.2. The molecular weight excluding hydrogens is 390 g/mol. The summed E-state index contributed by atoms with van der Waals surface area (Å²) < 4.78 is 28.0. The Labute approximate surface area is 169 Å². The predicted molar refractivity (Wildman–Crippen MR) is 110 cm³/mol. The van der Waals surface area contributed by atoms with Crippen molar-refractivity contribution in [2.24, 2.45) is 0 Å². The molecule has 0 saturated carbocycles. The number of rotatable bonds is 6. The zero-order valence-electron chi connectivity index (χ0n) is 16.1. The third kappa shape index (κ3) is 5.00. The van der Waals surface area contributed by atoms with Crippen molar-refractivity contribution in [1.82, 2.24) is 5.32 Å². The number of carbonyl (C=O) groups excluding carboxylic acids is 2. The standard InChI is InChI=1S/C22H21NO5S/c1-15(19-9-5-7-16-6-3-4-8-20(16)19)23-21(24)14-28-22(25)17-10-12-18(13-11-17)29(2,26)27/h3-13,15H,14H2,1-2H3,(H,23,24)/t15-/m1/s1. The Morgan fingerprint density at radius 3 is 2.31 bits per heavy atom. The molecule has 0 saturated heterocycles. The zero-order valence-corrected chi connectivity index (χ0v) is 16.9. The molecule has 6 nitrogen and oxygen atoms in total. The highest BCUT2D eigenvalue weighted by atomic mass is 32.2. The number of ether oxygens (including phenoxy) is 1. The van der Waals surface area contributed by atoms with Crippen LogP contribution in [0, 0.1) is 0 Å². The molecule has 0 aliphatic rings. The Hall–Kier alpha value is -3.19. The fourth-order valence-corrected chi connectivity index (χ4v) is 3.67. The summed E-state index contributed by atoms with van der Waals surface area (Å²) in [4.78, 5) is 24.4. The van der Waals surface area contributed by atoms with Gasteiger partial charge in [0.05, 0.1) is 16.5 Å². The van der Waals surface area contributed by atoms with E-state index in [0.717, 1.165) is 22.6 Å². The highest BCUT2D eigenvalue weighted by molar-refractivity contribution is 7.90. The third-order valence-electron chi connectivity index (χ3n) is 4.52. The van der Waals surface area contributed by atoms with Crippen molar-refractivity contribution in [2.45, 2.75) is 17.9 Å². The predicted octanol–water partition coefficient (Wildman–Crippen LogP) is 3.28. The Kier molecular flexibility index (Phi) is 5.98. The van der Waals surface area contributed by atoms with Gasteiger partial charge in [0.25, 0.3) is 5.91 Å². The number of benzene rings is 3. The number of sulfone groups is 1. The van der Waals surface area contributed by atoms with E-state index in [9.17, 15) is 18.0 Å². The molecule has 29 heavy (non-hydrogen) atoms. The molecule has 1 amide bonds. The number of fused-ring (bicyclic) bond motifs is 1. The Morgan fingerprint density at radius 2 is 1.62 bits per heavy atom. The topological polar surface area (TPSA) is 89.5 Å². The normalized spacial score (nSPS) is 12.3. The van der Waals surface area contributed by atoms with Crippen LogP contribution in [0.15, 0.2) is 71.6 Å². The number of hydrogen-bond acceptors (Lipinski definition) is 5. The van der Waals surface area contributed by atoms with Gasteiger partial charge in [0.2, 0.25) is 0 Å². The van der Waals surface area contributed by atoms with Crippen molar-refractivity contribution in [2.75, 3.05) is 12.9 Å². The van der Waals surface area contributed by atoms with Crippen LogP contribution in [0.1, 0.15) is 28.9 Å². The van der Waals surface area contributed by atoms with Gasteiger partial charge in [0, 0.05) is 6.26 Å². The largest absolute Gasteiger partial charge is 0.452 e. The maximum Gasteiger partial charge on any atom is 0.338 e. The first-order chi connectivity index (χ1) is 13.8. The highest BCUT2D eigenvalue weighted by Gasteiger charge is 2.15. The molecule has 0 bridgehead atoms. The van der Waals surface area contributed by atoms with E-state index in [1.54, 1.807) is 0 Å². The van der Waals surface area contributed by atoms with Gasteiger partial charge in [-0.3, -0.25) is 4.79 Å². The number of esters is 1. The maximum absolute atomic E-state index is 12.2. The van der Waals surface area contributed by atoms with E-state index in [-0.39, 0.29) is 16.5 Å². The van der Waals surface area contributed by atoms with Gasteiger partial charge >= 0.3 is 5.97 Å². The zero-order chi connectivity index (χ0) is 21.0. The molecule has 1 atom stereocenters. The second-order valence-corrected chi connectivity index (χ2v) is 8.75. The summed E-state index contributed by atoms with van der Waals surface area (Å²) >= 11 is 0. The number of carbonyl (C=O) groups is 2. The molecule has 0 heterocycles. The lowest BCUT2D eigenvalue weighted by atomic mass is 10.00. The van der Waals surface area contributed by atoms with E-state index in [4.69, 9.17) is 4.74 Å². The molecular formula is C22H21NO5S. The molecule has 0 unspecified atom stereocenters.